The van der Waals surface area contributed by atoms with E-state index in [9.17, 15) is 13.2 Å². The zero-order chi connectivity index (χ0) is 20.9. The number of fused-ring (bicyclic) bond motifs is 1. The lowest BCUT2D eigenvalue weighted by atomic mass is 9.79. The summed E-state index contributed by atoms with van der Waals surface area (Å²) >= 11 is 0. The van der Waals surface area contributed by atoms with Crippen molar-refractivity contribution in [2.45, 2.75) is 57.5 Å². The molecular formula is C25H29F3O. The fourth-order valence-electron chi connectivity index (χ4n) is 4.17. The largest absolute Gasteiger partial charge is 0.429 e. The summed E-state index contributed by atoms with van der Waals surface area (Å²) in [5, 5.41) is 1.37. The van der Waals surface area contributed by atoms with Crippen LogP contribution in [-0.4, -0.2) is 6.11 Å². The Morgan fingerprint density at radius 1 is 0.966 bits per heavy atom. The summed E-state index contributed by atoms with van der Waals surface area (Å²) in [6.45, 7) is 7.42. The van der Waals surface area contributed by atoms with Crippen LogP contribution in [0.5, 0.6) is 5.75 Å². The molecule has 1 aliphatic carbocycles. The fraction of sp³-hybridized carbons (Fsp3) is 0.440. The number of allylic oxidation sites excluding steroid dienone is 2. The van der Waals surface area contributed by atoms with Gasteiger partial charge in [-0.25, -0.2) is 4.39 Å². The summed E-state index contributed by atoms with van der Waals surface area (Å²) in [5.41, 5.74) is 1.06. The summed E-state index contributed by atoms with van der Waals surface area (Å²) in [5.74, 6) is -1.54. The van der Waals surface area contributed by atoms with Crippen molar-refractivity contribution in [3.05, 3.63) is 67.0 Å². The van der Waals surface area contributed by atoms with Crippen LogP contribution >= 0.6 is 0 Å². The van der Waals surface area contributed by atoms with Crippen LogP contribution in [0.15, 0.2) is 55.6 Å². The van der Waals surface area contributed by atoms with E-state index in [4.69, 9.17) is 4.74 Å². The lowest BCUT2D eigenvalue weighted by molar-refractivity contribution is -0.224. The first-order valence-corrected chi connectivity index (χ1v) is 10.4. The van der Waals surface area contributed by atoms with E-state index in [2.05, 4.69) is 13.2 Å². The monoisotopic (exact) mass is 402 g/mol. The van der Waals surface area contributed by atoms with Gasteiger partial charge in [0.05, 0.1) is 5.92 Å². The summed E-state index contributed by atoms with van der Waals surface area (Å²) in [7, 11) is 0. The number of aryl methyl sites for hydroxylation is 1. The van der Waals surface area contributed by atoms with Gasteiger partial charge in [0, 0.05) is 0 Å². The van der Waals surface area contributed by atoms with E-state index in [1.165, 1.54) is 12.1 Å². The van der Waals surface area contributed by atoms with Crippen LogP contribution in [0.1, 0.15) is 50.5 Å². The molecule has 0 heterocycles. The van der Waals surface area contributed by atoms with Crippen LogP contribution in [-0.2, 0) is 6.42 Å². The van der Waals surface area contributed by atoms with Crippen molar-refractivity contribution in [3.8, 4) is 5.75 Å². The fourth-order valence-corrected chi connectivity index (χ4v) is 4.17. The third kappa shape index (κ3) is 5.43. The molecular weight excluding hydrogens is 373 g/mol. The standard InChI is InChI=1S/C25H29F3O/c1-3-5-7-18-10-13-22(14-11-18)25(27,28)29-24-17-20-12-9-19(8-6-4-2)15-21(20)16-23(24)26/h3-4,9,12,15-18,22H,1-2,5-8,10-11,13-14H2. The molecule has 0 amide bonds. The van der Waals surface area contributed by atoms with Gasteiger partial charge in [-0.1, -0.05) is 30.4 Å². The second kappa shape index (κ2) is 9.51. The molecule has 0 atom stereocenters. The van der Waals surface area contributed by atoms with Gasteiger partial charge in [0.15, 0.2) is 11.6 Å². The Hall–Kier alpha value is -2.23. The predicted molar refractivity (Wildman–Crippen MR) is 113 cm³/mol. The Morgan fingerprint density at radius 2 is 1.69 bits per heavy atom. The molecule has 0 bridgehead atoms. The van der Waals surface area contributed by atoms with Gasteiger partial charge < -0.3 is 4.74 Å². The van der Waals surface area contributed by atoms with Crippen LogP contribution in [0.4, 0.5) is 13.2 Å². The van der Waals surface area contributed by atoms with Gasteiger partial charge in [-0.05, 0) is 85.8 Å². The van der Waals surface area contributed by atoms with E-state index in [0.717, 1.165) is 44.1 Å². The van der Waals surface area contributed by atoms with Gasteiger partial charge in [0.1, 0.15) is 0 Å². The molecule has 0 aromatic heterocycles. The summed E-state index contributed by atoms with van der Waals surface area (Å²) in [6, 6.07) is 8.30. The van der Waals surface area contributed by atoms with E-state index in [0.29, 0.717) is 29.5 Å². The molecule has 0 unspecified atom stereocenters. The summed E-state index contributed by atoms with van der Waals surface area (Å²) in [4.78, 5) is 0. The lowest BCUT2D eigenvalue weighted by Crippen LogP contribution is -2.37. The van der Waals surface area contributed by atoms with Crippen LogP contribution < -0.4 is 4.74 Å². The molecule has 2 aromatic rings. The van der Waals surface area contributed by atoms with E-state index >= 15 is 0 Å². The molecule has 156 valence electrons. The van der Waals surface area contributed by atoms with Crippen LogP contribution in [0.3, 0.4) is 0 Å². The Morgan fingerprint density at radius 3 is 2.38 bits per heavy atom. The zero-order valence-corrected chi connectivity index (χ0v) is 16.8. The molecule has 4 heteroatoms. The van der Waals surface area contributed by atoms with Crippen molar-refractivity contribution < 1.29 is 17.9 Å². The molecule has 1 fully saturated rings. The SMILES string of the molecule is C=CCCc1ccc2cc(OC(F)(F)C3CCC(CCC=C)CC3)c(F)cc2c1. The molecule has 29 heavy (non-hydrogen) atoms. The quantitative estimate of drug-likeness (QED) is 0.388. The number of hydrogen-bond acceptors (Lipinski definition) is 1. The number of ether oxygens (including phenoxy) is 1. The molecule has 3 rings (SSSR count). The molecule has 0 saturated heterocycles. The highest BCUT2D eigenvalue weighted by atomic mass is 19.3. The van der Waals surface area contributed by atoms with Crippen molar-refractivity contribution in [1.82, 2.24) is 0 Å². The van der Waals surface area contributed by atoms with Crippen LogP contribution in [0.2, 0.25) is 0 Å². The zero-order valence-electron chi connectivity index (χ0n) is 16.8. The van der Waals surface area contributed by atoms with Gasteiger partial charge >= 0.3 is 6.11 Å². The topological polar surface area (TPSA) is 9.23 Å². The lowest BCUT2D eigenvalue weighted by Gasteiger charge is -2.33. The number of benzene rings is 2. The highest BCUT2D eigenvalue weighted by molar-refractivity contribution is 5.84. The minimum Gasteiger partial charge on any atom is -0.429 e. The third-order valence-corrected chi connectivity index (χ3v) is 5.94. The van der Waals surface area contributed by atoms with Gasteiger partial charge in [-0.2, -0.15) is 8.78 Å². The first-order valence-electron chi connectivity index (χ1n) is 10.4. The maximum Gasteiger partial charge on any atom is 0.400 e. The van der Waals surface area contributed by atoms with E-state index < -0.39 is 17.8 Å². The van der Waals surface area contributed by atoms with Crippen LogP contribution in [0, 0.1) is 17.7 Å². The average Bonchev–Trinajstić information content (AvgIpc) is 2.71. The minimum atomic E-state index is -3.37. The van der Waals surface area contributed by atoms with E-state index in [1.54, 1.807) is 0 Å². The highest BCUT2D eigenvalue weighted by Gasteiger charge is 2.44. The predicted octanol–water partition coefficient (Wildman–Crippen LogP) is 7.84. The van der Waals surface area contributed by atoms with Crippen molar-refractivity contribution in [1.29, 1.82) is 0 Å². The maximum atomic E-state index is 14.7. The third-order valence-electron chi connectivity index (χ3n) is 5.94. The van der Waals surface area contributed by atoms with Crippen LogP contribution in [0.25, 0.3) is 10.8 Å². The molecule has 2 aromatic carbocycles. The Labute approximate surface area is 171 Å². The normalized spacial score (nSPS) is 19.8. The molecule has 1 nitrogen and oxygen atoms in total. The molecule has 0 radical (unpaired) electrons. The van der Waals surface area contributed by atoms with Gasteiger partial charge in [0.2, 0.25) is 0 Å². The molecule has 1 aliphatic rings. The molecule has 0 N–H and O–H groups in total. The van der Waals surface area contributed by atoms with Gasteiger partial charge in [0.25, 0.3) is 0 Å². The second-order valence-corrected chi connectivity index (χ2v) is 8.04. The van der Waals surface area contributed by atoms with Crippen molar-refractivity contribution in [3.63, 3.8) is 0 Å². The average molecular weight is 403 g/mol. The Bertz CT molecular complexity index is 851. The second-order valence-electron chi connectivity index (χ2n) is 8.04. The number of hydrogen-bond donors (Lipinski definition) is 0. The highest BCUT2D eigenvalue weighted by Crippen LogP contribution is 2.42. The summed E-state index contributed by atoms with van der Waals surface area (Å²) < 4.78 is 49.0. The molecule has 0 spiro atoms. The maximum absolute atomic E-state index is 14.7. The molecule has 1 saturated carbocycles. The molecule has 0 aliphatic heterocycles. The number of halogens is 3. The first kappa shape index (κ1) is 21.5. The van der Waals surface area contributed by atoms with Crippen molar-refractivity contribution >= 4 is 10.8 Å². The Kier molecular flexibility index (Phi) is 7.05. The van der Waals surface area contributed by atoms with Gasteiger partial charge in [-0.15, -0.1) is 13.2 Å². The first-order chi connectivity index (χ1) is 13.9. The van der Waals surface area contributed by atoms with Gasteiger partial charge in [-0.3, -0.25) is 0 Å². The Balaban J connectivity index is 1.70. The minimum absolute atomic E-state index is 0.380. The van der Waals surface area contributed by atoms with Crippen molar-refractivity contribution in [2.75, 3.05) is 0 Å². The summed E-state index contributed by atoms with van der Waals surface area (Å²) in [6.07, 6.45) is 6.19. The van der Waals surface area contributed by atoms with Crippen molar-refractivity contribution in [2.24, 2.45) is 11.8 Å². The smallest absolute Gasteiger partial charge is 0.400 e. The number of alkyl halides is 2. The number of rotatable bonds is 9. The van der Waals surface area contributed by atoms with E-state index in [-0.39, 0.29) is 5.75 Å². The van der Waals surface area contributed by atoms with E-state index in [1.807, 2.05) is 30.4 Å².